The van der Waals surface area contributed by atoms with Crippen LogP contribution in [0.4, 0.5) is 0 Å². The number of rotatable bonds is 6. The van der Waals surface area contributed by atoms with Crippen molar-refractivity contribution in [1.29, 1.82) is 0 Å². The van der Waals surface area contributed by atoms with Crippen molar-refractivity contribution in [1.82, 2.24) is 20.6 Å². The zero-order valence-corrected chi connectivity index (χ0v) is 16.7. The third kappa shape index (κ3) is 5.47. The van der Waals surface area contributed by atoms with Gasteiger partial charge in [-0.1, -0.05) is 25.4 Å². The molecule has 3 N–H and O–H groups in total. The number of aryl methyl sites for hydroxylation is 1. The number of nitrogens with one attached hydrogen (secondary N) is 2. The summed E-state index contributed by atoms with van der Waals surface area (Å²) in [6.45, 7) is 9.02. The van der Waals surface area contributed by atoms with E-state index < -0.39 is 5.91 Å². The van der Waals surface area contributed by atoms with Gasteiger partial charge in [0, 0.05) is 23.7 Å². The molecule has 0 fully saturated rings. The van der Waals surface area contributed by atoms with E-state index in [1.54, 1.807) is 0 Å². The number of aromatic nitrogens is 2. The van der Waals surface area contributed by atoms with Crippen LogP contribution in [0.2, 0.25) is 5.02 Å². The van der Waals surface area contributed by atoms with E-state index in [9.17, 15) is 14.7 Å². The number of hydrogen-bond donors (Lipinski definition) is 3. The van der Waals surface area contributed by atoms with Crippen molar-refractivity contribution >= 4 is 23.4 Å². The summed E-state index contributed by atoms with van der Waals surface area (Å²) in [5.41, 5.74) is 7.65. The van der Waals surface area contributed by atoms with Crippen LogP contribution in [0.1, 0.15) is 47.6 Å². The van der Waals surface area contributed by atoms with Gasteiger partial charge in [-0.2, -0.15) is 5.10 Å². The van der Waals surface area contributed by atoms with Crippen LogP contribution < -0.4 is 10.9 Å². The van der Waals surface area contributed by atoms with Crippen LogP contribution in [0.5, 0.6) is 5.75 Å². The van der Waals surface area contributed by atoms with Crippen molar-refractivity contribution in [2.75, 3.05) is 0 Å². The maximum atomic E-state index is 12.1. The Bertz CT molecular complexity index is 846. The van der Waals surface area contributed by atoms with Crippen molar-refractivity contribution < 1.29 is 14.7 Å². The molecule has 2 rings (SSSR count). The minimum absolute atomic E-state index is 0.00977. The number of hydrazine groups is 1. The Balaban J connectivity index is 1.91. The topological polar surface area (TPSA) is 96.3 Å². The molecule has 2 aromatic rings. The molecule has 0 aliphatic heterocycles. The lowest BCUT2D eigenvalue weighted by atomic mass is 10.1. The molecule has 27 heavy (non-hydrogen) atoms. The van der Waals surface area contributed by atoms with Crippen LogP contribution >= 0.6 is 11.6 Å². The van der Waals surface area contributed by atoms with Crippen LogP contribution in [0, 0.1) is 19.8 Å². The van der Waals surface area contributed by atoms with Gasteiger partial charge in [0.2, 0.25) is 5.91 Å². The zero-order valence-electron chi connectivity index (χ0n) is 16.0. The predicted octanol–water partition coefficient (Wildman–Crippen LogP) is 2.91. The highest BCUT2D eigenvalue weighted by molar-refractivity contribution is 6.31. The lowest BCUT2D eigenvalue weighted by molar-refractivity contribution is -0.121. The Morgan fingerprint density at radius 2 is 1.96 bits per heavy atom. The number of benzene rings is 1. The minimum atomic E-state index is -0.638. The van der Waals surface area contributed by atoms with E-state index >= 15 is 0 Å². The number of carbonyl (C=O) groups excluding carboxylic acids is 2. The first-order valence-electron chi connectivity index (χ1n) is 8.79. The van der Waals surface area contributed by atoms with Crippen LogP contribution in [0.25, 0.3) is 0 Å². The molecular weight excluding hydrogens is 368 g/mol. The molecule has 7 nitrogen and oxygen atoms in total. The van der Waals surface area contributed by atoms with Crippen molar-refractivity contribution in [3.05, 3.63) is 45.7 Å². The second-order valence-corrected chi connectivity index (χ2v) is 7.33. The highest BCUT2D eigenvalue weighted by Crippen LogP contribution is 2.21. The van der Waals surface area contributed by atoms with Gasteiger partial charge in [-0.15, -0.1) is 0 Å². The van der Waals surface area contributed by atoms with E-state index in [1.165, 1.54) is 18.2 Å². The number of halogens is 1. The molecule has 0 aliphatic rings. The Hall–Kier alpha value is -2.54. The van der Waals surface area contributed by atoms with Crippen LogP contribution in [0.3, 0.4) is 0 Å². The Morgan fingerprint density at radius 3 is 2.63 bits per heavy atom. The van der Waals surface area contributed by atoms with Gasteiger partial charge < -0.3 is 5.11 Å². The smallest absolute Gasteiger partial charge is 0.273 e. The molecule has 8 heteroatoms. The van der Waals surface area contributed by atoms with E-state index in [2.05, 4.69) is 29.8 Å². The number of carbonyl (C=O) groups is 2. The molecule has 1 heterocycles. The van der Waals surface area contributed by atoms with E-state index in [0.717, 1.165) is 23.5 Å². The fourth-order valence-corrected chi connectivity index (χ4v) is 2.98. The summed E-state index contributed by atoms with van der Waals surface area (Å²) in [6.07, 6.45) is 0.733. The first kappa shape index (κ1) is 20.8. The summed E-state index contributed by atoms with van der Waals surface area (Å²) in [6, 6.07) is 4.12. The first-order valence-corrected chi connectivity index (χ1v) is 9.17. The van der Waals surface area contributed by atoms with Gasteiger partial charge in [0.15, 0.2) is 0 Å². The largest absolute Gasteiger partial charge is 0.507 e. The Morgan fingerprint density at radius 1 is 1.26 bits per heavy atom. The number of aromatic hydroxyl groups is 1. The van der Waals surface area contributed by atoms with Crippen molar-refractivity contribution in [2.45, 2.75) is 47.1 Å². The second-order valence-electron chi connectivity index (χ2n) is 6.89. The molecule has 0 atom stereocenters. The average molecular weight is 393 g/mol. The molecule has 0 spiro atoms. The monoisotopic (exact) mass is 392 g/mol. The molecule has 0 bridgehead atoms. The van der Waals surface area contributed by atoms with Gasteiger partial charge in [-0.05, 0) is 49.9 Å². The normalized spacial score (nSPS) is 10.9. The second kappa shape index (κ2) is 8.90. The van der Waals surface area contributed by atoms with Gasteiger partial charge in [-0.25, -0.2) is 0 Å². The number of phenolic OH excluding ortho intramolecular Hbond substituents is 1. The molecule has 0 saturated heterocycles. The third-order valence-electron chi connectivity index (χ3n) is 4.19. The van der Waals surface area contributed by atoms with Gasteiger partial charge in [0.05, 0.1) is 11.3 Å². The van der Waals surface area contributed by atoms with Gasteiger partial charge in [-0.3, -0.25) is 25.1 Å². The maximum absolute atomic E-state index is 12.1. The molecular formula is C19H25ClN4O3. The molecule has 2 amide bonds. The molecule has 0 aliphatic carbocycles. The van der Waals surface area contributed by atoms with Crippen molar-refractivity contribution in [3.63, 3.8) is 0 Å². The Labute approximate surface area is 163 Å². The summed E-state index contributed by atoms with van der Waals surface area (Å²) >= 11 is 5.82. The highest BCUT2D eigenvalue weighted by atomic mass is 35.5. The fourth-order valence-electron chi connectivity index (χ4n) is 2.80. The van der Waals surface area contributed by atoms with Gasteiger partial charge in [0.1, 0.15) is 5.75 Å². The molecule has 0 saturated carbocycles. The number of phenols is 1. The number of nitrogens with zero attached hydrogens (tertiary/aromatic N) is 2. The molecule has 1 aromatic heterocycles. The lowest BCUT2D eigenvalue weighted by Gasteiger charge is -2.09. The van der Waals surface area contributed by atoms with Crippen LogP contribution in [0.15, 0.2) is 18.2 Å². The molecule has 0 unspecified atom stereocenters. The first-order chi connectivity index (χ1) is 12.7. The fraction of sp³-hybridized carbons (Fsp3) is 0.421. The standard InChI is InChI=1S/C19H25ClN4O3/c1-11(2)10-24-13(4)15(12(3)23-24)6-8-18(26)21-22-19(27)16-9-14(20)5-7-17(16)25/h5,7,9,11,25H,6,8,10H2,1-4H3,(H,21,26)(H,22,27). The lowest BCUT2D eigenvalue weighted by Crippen LogP contribution is -2.41. The molecule has 146 valence electrons. The third-order valence-corrected chi connectivity index (χ3v) is 4.43. The van der Waals surface area contributed by atoms with Crippen LogP contribution in [-0.4, -0.2) is 26.7 Å². The van der Waals surface area contributed by atoms with Crippen molar-refractivity contribution in [3.8, 4) is 5.75 Å². The van der Waals surface area contributed by atoms with Crippen LogP contribution in [-0.2, 0) is 17.8 Å². The summed E-state index contributed by atoms with van der Waals surface area (Å²) < 4.78 is 1.97. The van der Waals surface area contributed by atoms with E-state index in [-0.39, 0.29) is 23.6 Å². The average Bonchev–Trinajstić information content (AvgIpc) is 2.85. The predicted molar refractivity (Wildman–Crippen MR) is 104 cm³/mol. The van der Waals surface area contributed by atoms with Gasteiger partial charge in [0.25, 0.3) is 5.91 Å². The maximum Gasteiger partial charge on any atom is 0.273 e. The number of hydrogen-bond acceptors (Lipinski definition) is 4. The summed E-state index contributed by atoms with van der Waals surface area (Å²) in [4.78, 5) is 24.1. The SMILES string of the molecule is Cc1nn(CC(C)C)c(C)c1CCC(=O)NNC(=O)c1cc(Cl)ccc1O. The van der Waals surface area contributed by atoms with E-state index in [4.69, 9.17) is 11.6 Å². The molecule has 0 radical (unpaired) electrons. The Kier molecular flexibility index (Phi) is 6.85. The minimum Gasteiger partial charge on any atom is -0.507 e. The summed E-state index contributed by atoms with van der Waals surface area (Å²) in [5, 5.41) is 14.6. The quantitative estimate of drug-likeness (QED) is 0.658. The summed E-state index contributed by atoms with van der Waals surface area (Å²) in [7, 11) is 0. The molecule has 1 aromatic carbocycles. The number of amides is 2. The van der Waals surface area contributed by atoms with Gasteiger partial charge >= 0.3 is 0 Å². The zero-order chi connectivity index (χ0) is 20.1. The van der Waals surface area contributed by atoms with Crippen molar-refractivity contribution in [2.24, 2.45) is 5.92 Å². The van der Waals surface area contributed by atoms with E-state index in [0.29, 0.717) is 17.4 Å². The summed E-state index contributed by atoms with van der Waals surface area (Å²) in [5.74, 6) is -0.701. The van der Waals surface area contributed by atoms with E-state index in [1.807, 2.05) is 18.5 Å². The highest BCUT2D eigenvalue weighted by Gasteiger charge is 2.15.